The smallest absolute Gasteiger partial charge is 0.406 e. The average molecular weight is 399 g/mol. The molecule has 1 N–H and O–H groups in total. The highest BCUT2D eigenvalue weighted by Crippen LogP contribution is 2.30. The van der Waals surface area contributed by atoms with Gasteiger partial charge in [0.05, 0.1) is 11.3 Å². The fourth-order valence-corrected chi connectivity index (χ4v) is 2.93. The number of halogens is 4. The molecule has 0 saturated carbocycles. The number of nitrogens with one attached hydrogen (secondary N) is 1. The van der Waals surface area contributed by atoms with Gasteiger partial charge < -0.3 is 15.0 Å². The maximum atomic E-state index is 12.6. The zero-order valence-corrected chi connectivity index (χ0v) is 14.6. The van der Waals surface area contributed by atoms with Gasteiger partial charge in [-0.1, -0.05) is 11.6 Å². The van der Waals surface area contributed by atoms with Gasteiger partial charge in [-0.2, -0.15) is 0 Å². The molecule has 0 atom stereocenters. The minimum Gasteiger partial charge on any atom is -0.406 e. The molecule has 0 bridgehead atoms. The summed E-state index contributed by atoms with van der Waals surface area (Å²) in [5, 5.41) is 2.97. The average Bonchev–Trinajstić information content (AvgIpc) is 3.01. The quantitative estimate of drug-likeness (QED) is 0.817. The van der Waals surface area contributed by atoms with Gasteiger partial charge in [-0.05, 0) is 48.9 Å². The van der Waals surface area contributed by atoms with Crippen molar-refractivity contribution in [3.8, 4) is 5.75 Å². The van der Waals surface area contributed by atoms with Gasteiger partial charge in [0.15, 0.2) is 0 Å². The van der Waals surface area contributed by atoms with Crippen molar-refractivity contribution >= 4 is 34.8 Å². The molecular formula is C18H14ClF3N2O3. The molecule has 0 spiro atoms. The number of carbonyl (C=O) groups is 2. The fourth-order valence-electron chi connectivity index (χ4n) is 2.76. The highest BCUT2D eigenvalue weighted by molar-refractivity contribution is 6.31. The topological polar surface area (TPSA) is 58.6 Å². The van der Waals surface area contributed by atoms with Crippen LogP contribution in [0.4, 0.5) is 24.5 Å². The third-order valence-electron chi connectivity index (χ3n) is 3.91. The van der Waals surface area contributed by atoms with Crippen LogP contribution in [0, 0.1) is 0 Å². The normalized spacial score (nSPS) is 14.4. The molecule has 1 heterocycles. The number of alkyl halides is 3. The first-order valence-corrected chi connectivity index (χ1v) is 8.38. The number of ether oxygens (including phenoxy) is 1. The van der Waals surface area contributed by atoms with Gasteiger partial charge in [0.1, 0.15) is 5.75 Å². The number of hydrogen-bond donors (Lipinski definition) is 1. The van der Waals surface area contributed by atoms with Crippen LogP contribution in [0.3, 0.4) is 0 Å². The molecule has 0 aliphatic carbocycles. The van der Waals surface area contributed by atoms with Crippen molar-refractivity contribution in [3.05, 3.63) is 53.1 Å². The van der Waals surface area contributed by atoms with E-state index in [1.807, 2.05) is 0 Å². The summed E-state index contributed by atoms with van der Waals surface area (Å²) in [6.07, 6.45) is -3.70. The Morgan fingerprint density at radius 3 is 2.44 bits per heavy atom. The van der Waals surface area contributed by atoms with Crippen molar-refractivity contribution in [2.45, 2.75) is 19.2 Å². The zero-order valence-electron chi connectivity index (χ0n) is 13.8. The Morgan fingerprint density at radius 1 is 1.15 bits per heavy atom. The second kappa shape index (κ2) is 7.48. The van der Waals surface area contributed by atoms with Crippen LogP contribution in [-0.2, 0) is 4.79 Å². The standard InChI is InChI=1S/C18H14ClF3N2O3/c19-11-3-8-14(15(10-11)24-9-1-2-16(24)25)17(26)23-12-4-6-13(7-5-12)27-18(20,21)22/h3-8,10H,1-2,9H2,(H,23,26). The van der Waals surface area contributed by atoms with Crippen molar-refractivity contribution in [3.63, 3.8) is 0 Å². The summed E-state index contributed by atoms with van der Waals surface area (Å²) in [7, 11) is 0. The monoisotopic (exact) mass is 398 g/mol. The molecule has 27 heavy (non-hydrogen) atoms. The lowest BCUT2D eigenvalue weighted by molar-refractivity contribution is -0.274. The van der Waals surface area contributed by atoms with E-state index < -0.39 is 18.0 Å². The highest BCUT2D eigenvalue weighted by Gasteiger charge is 2.31. The van der Waals surface area contributed by atoms with Gasteiger partial charge in [0.25, 0.3) is 5.91 Å². The number of amides is 2. The van der Waals surface area contributed by atoms with Crippen LogP contribution in [0.15, 0.2) is 42.5 Å². The molecule has 142 valence electrons. The van der Waals surface area contributed by atoms with Crippen molar-refractivity contribution < 1.29 is 27.5 Å². The predicted molar refractivity (Wildman–Crippen MR) is 94.1 cm³/mol. The van der Waals surface area contributed by atoms with E-state index in [9.17, 15) is 22.8 Å². The van der Waals surface area contributed by atoms with Gasteiger partial charge in [-0.25, -0.2) is 0 Å². The molecule has 0 aromatic heterocycles. The lowest BCUT2D eigenvalue weighted by atomic mass is 10.1. The van der Waals surface area contributed by atoms with Crippen molar-refractivity contribution in [2.24, 2.45) is 0 Å². The van der Waals surface area contributed by atoms with E-state index in [1.165, 1.54) is 29.2 Å². The number of anilines is 2. The maximum absolute atomic E-state index is 12.6. The van der Waals surface area contributed by atoms with Crippen LogP contribution < -0.4 is 15.0 Å². The summed E-state index contributed by atoms with van der Waals surface area (Å²) in [6.45, 7) is 0.489. The molecule has 0 unspecified atom stereocenters. The Morgan fingerprint density at radius 2 is 1.85 bits per heavy atom. The largest absolute Gasteiger partial charge is 0.573 e. The zero-order chi connectivity index (χ0) is 19.6. The second-order valence-electron chi connectivity index (χ2n) is 5.84. The van der Waals surface area contributed by atoms with E-state index in [2.05, 4.69) is 10.1 Å². The molecule has 2 aromatic rings. The number of rotatable bonds is 4. The van der Waals surface area contributed by atoms with E-state index in [4.69, 9.17) is 11.6 Å². The third kappa shape index (κ3) is 4.71. The Balaban J connectivity index is 1.79. The summed E-state index contributed by atoms with van der Waals surface area (Å²) < 4.78 is 40.4. The molecule has 1 fully saturated rings. The Kier molecular flexibility index (Phi) is 5.27. The van der Waals surface area contributed by atoms with Crippen LogP contribution >= 0.6 is 11.6 Å². The van der Waals surface area contributed by atoms with E-state index >= 15 is 0 Å². The number of hydrogen-bond acceptors (Lipinski definition) is 3. The molecule has 2 amide bonds. The number of nitrogens with zero attached hydrogens (tertiary/aromatic N) is 1. The van der Waals surface area contributed by atoms with E-state index in [1.54, 1.807) is 6.07 Å². The van der Waals surface area contributed by atoms with Gasteiger partial charge in [0.2, 0.25) is 5.91 Å². The minimum atomic E-state index is -4.79. The van der Waals surface area contributed by atoms with E-state index in [0.717, 1.165) is 12.1 Å². The first-order chi connectivity index (χ1) is 12.7. The van der Waals surface area contributed by atoms with Crippen LogP contribution in [-0.4, -0.2) is 24.7 Å². The lowest BCUT2D eigenvalue weighted by Gasteiger charge is -2.20. The molecule has 5 nitrogen and oxygen atoms in total. The van der Waals surface area contributed by atoms with Crippen LogP contribution in [0.25, 0.3) is 0 Å². The second-order valence-corrected chi connectivity index (χ2v) is 6.27. The van der Waals surface area contributed by atoms with Crippen molar-refractivity contribution in [1.29, 1.82) is 0 Å². The summed E-state index contributed by atoms with van der Waals surface area (Å²) in [5.41, 5.74) is 0.924. The van der Waals surface area contributed by atoms with E-state index in [-0.39, 0.29) is 17.2 Å². The Labute approximate surface area is 157 Å². The molecule has 0 radical (unpaired) electrons. The Bertz CT molecular complexity index is 869. The molecule has 2 aromatic carbocycles. The summed E-state index contributed by atoms with van der Waals surface area (Å²) >= 11 is 6.00. The number of benzene rings is 2. The van der Waals surface area contributed by atoms with Crippen molar-refractivity contribution in [2.75, 3.05) is 16.8 Å². The summed E-state index contributed by atoms with van der Waals surface area (Å²) in [4.78, 5) is 26.1. The molecular weight excluding hydrogens is 385 g/mol. The third-order valence-corrected chi connectivity index (χ3v) is 4.15. The van der Waals surface area contributed by atoms with Crippen LogP contribution in [0.5, 0.6) is 5.75 Å². The first-order valence-electron chi connectivity index (χ1n) is 8.00. The molecule has 1 saturated heterocycles. The fraction of sp³-hybridized carbons (Fsp3) is 0.222. The van der Waals surface area contributed by atoms with Crippen LogP contribution in [0.1, 0.15) is 23.2 Å². The highest BCUT2D eigenvalue weighted by atomic mass is 35.5. The Hall–Kier alpha value is -2.74. The SMILES string of the molecule is O=C(Nc1ccc(OC(F)(F)F)cc1)c1ccc(Cl)cc1N1CCCC1=O. The summed E-state index contributed by atoms with van der Waals surface area (Å²) in [5.74, 6) is -0.999. The minimum absolute atomic E-state index is 0.0973. The van der Waals surface area contributed by atoms with Gasteiger partial charge >= 0.3 is 6.36 Å². The number of carbonyl (C=O) groups excluding carboxylic acids is 2. The summed E-state index contributed by atoms with van der Waals surface area (Å²) in [6, 6.07) is 9.33. The first kappa shape index (κ1) is 19.0. The predicted octanol–water partition coefficient (Wildman–Crippen LogP) is 4.62. The van der Waals surface area contributed by atoms with Gasteiger partial charge in [-0.15, -0.1) is 13.2 Å². The maximum Gasteiger partial charge on any atom is 0.573 e. The van der Waals surface area contributed by atoms with Crippen LogP contribution in [0.2, 0.25) is 5.02 Å². The van der Waals surface area contributed by atoms with Gasteiger partial charge in [-0.3, -0.25) is 9.59 Å². The van der Waals surface area contributed by atoms with Crippen molar-refractivity contribution in [1.82, 2.24) is 0 Å². The molecule has 3 rings (SSSR count). The molecule has 9 heteroatoms. The molecule has 1 aliphatic rings. The molecule has 1 aliphatic heterocycles. The van der Waals surface area contributed by atoms with Gasteiger partial charge in [0, 0.05) is 23.7 Å². The van der Waals surface area contributed by atoms with E-state index in [0.29, 0.717) is 30.1 Å². The lowest BCUT2D eigenvalue weighted by Crippen LogP contribution is -2.27.